The van der Waals surface area contributed by atoms with Crippen molar-refractivity contribution < 1.29 is 27.9 Å². The van der Waals surface area contributed by atoms with Crippen molar-refractivity contribution in [3.63, 3.8) is 0 Å². The number of alkyl halides is 3. The van der Waals surface area contributed by atoms with E-state index in [1.54, 1.807) is 0 Å². The lowest BCUT2D eigenvalue weighted by Gasteiger charge is -2.10. The summed E-state index contributed by atoms with van der Waals surface area (Å²) in [5, 5.41) is 9.01. The molecule has 108 valence electrons. The van der Waals surface area contributed by atoms with Crippen molar-refractivity contribution in [1.29, 1.82) is 0 Å². The third-order valence-electron chi connectivity index (χ3n) is 2.75. The van der Waals surface area contributed by atoms with Gasteiger partial charge in [-0.1, -0.05) is 0 Å². The predicted molar refractivity (Wildman–Crippen MR) is 66.1 cm³/mol. The van der Waals surface area contributed by atoms with Gasteiger partial charge < -0.3 is 5.11 Å². The first-order chi connectivity index (χ1) is 9.80. The van der Waals surface area contributed by atoms with Gasteiger partial charge in [0.05, 0.1) is 11.1 Å². The van der Waals surface area contributed by atoms with Crippen molar-refractivity contribution in [3.8, 4) is 0 Å². The highest BCUT2D eigenvalue weighted by Gasteiger charge is 2.32. The number of benzene rings is 1. The van der Waals surface area contributed by atoms with E-state index in [1.165, 1.54) is 18.3 Å². The fraction of sp³-hybridized carbons (Fsp3) is 0.0714. The number of nitrogens with zero attached hydrogens (tertiary/aromatic N) is 1. The molecule has 0 aliphatic rings. The highest BCUT2D eigenvalue weighted by molar-refractivity contribution is 6.14. The Morgan fingerprint density at radius 1 is 1.10 bits per heavy atom. The van der Waals surface area contributed by atoms with Crippen LogP contribution in [0.15, 0.2) is 42.7 Å². The lowest BCUT2D eigenvalue weighted by molar-refractivity contribution is -0.137. The van der Waals surface area contributed by atoms with Crippen LogP contribution in [-0.2, 0) is 6.18 Å². The van der Waals surface area contributed by atoms with Gasteiger partial charge in [-0.25, -0.2) is 4.79 Å². The maximum Gasteiger partial charge on any atom is 0.416 e. The van der Waals surface area contributed by atoms with E-state index in [0.29, 0.717) is 12.1 Å². The van der Waals surface area contributed by atoms with Crippen LogP contribution < -0.4 is 0 Å². The average molecular weight is 295 g/mol. The lowest BCUT2D eigenvalue weighted by atomic mass is 9.97. The number of aromatic carboxylic acids is 1. The Morgan fingerprint density at radius 3 is 2.33 bits per heavy atom. The zero-order chi connectivity index (χ0) is 15.6. The standard InChI is InChI=1S/C14H8F3NO3/c15-14(16,17)9-3-4-10(13(20)21)11(6-9)12(19)8-2-1-5-18-7-8/h1-7H,(H,20,21). The van der Waals surface area contributed by atoms with Gasteiger partial charge in [0, 0.05) is 23.5 Å². The quantitative estimate of drug-likeness (QED) is 0.884. The Bertz CT molecular complexity index is 696. The van der Waals surface area contributed by atoms with Gasteiger partial charge in [0.1, 0.15) is 0 Å². The lowest BCUT2D eigenvalue weighted by Crippen LogP contribution is -2.13. The molecule has 0 bridgehead atoms. The fourth-order valence-corrected chi connectivity index (χ4v) is 1.75. The predicted octanol–water partition coefficient (Wildman–Crippen LogP) is 3.03. The van der Waals surface area contributed by atoms with Gasteiger partial charge >= 0.3 is 12.1 Å². The van der Waals surface area contributed by atoms with E-state index in [0.717, 1.165) is 12.3 Å². The van der Waals surface area contributed by atoms with Crippen LogP contribution in [0.5, 0.6) is 0 Å². The third kappa shape index (κ3) is 3.07. The van der Waals surface area contributed by atoms with Crippen molar-refractivity contribution in [3.05, 3.63) is 65.0 Å². The summed E-state index contributed by atoms with van der Waals surface area (Å²) in [6.45, 7) is 0. The largest absolute Gasteiger partial charge is 0.478 e. The number of carboxylic acid groups (broad SMARTS) is 1. The molecule has 0 aliphatic heterocycles. The highest BCUT2D eigenvalue weighted by atomic mass is 19.4. The first kappa shape index (κ1) is 14.7. The van der Waals surface area contributed by atoms with Gasteiger partial charge in [0.25, 0.3) is 0 Å². The summed E-state index contributed by atoms with van der Waals surface area (Å²) >= 11 is 0. The molecule has 0 unspecified atom stereocenters. The number of hydrogen-bond acceptors (Lipinski definition) is 3. The number of rotatable bonds is 3. The van der Waals surface area contributed by atoms with Gasteiger partial charge in [0.2, 0.25) is 0 Å². The van der Waals surface area contributed by atoms with Crippen LogP contribution >= 0.6 is 0 Å². The normalized spacial score (nSPS) is 11.2. The van der Waals surface area contributed by atoms with E-state index in [1.807, 2.05) is 0 Å². The summed E-state index contributed by atoms with van der Waals surface area (Å²) in [7, 11) is 0. The Kier molecular flexibility index (Phi) is 3.75. The van der Waals surface area contributed by atoms with E-state index >= 15 is 0 Å². The number of aromatic nitrogens is 1. The van der Waals surface area contributed by atoms with E-state index < -0.39 is 34.6 Å². The van der Waals surface area contributed by atoms with Crippen LogP contribution in [0.25, 0.3) is 0 Å². The number of carboxylic acids is 1. The van der Waals surface area contributed by atoms with Crippen molar-refractivity contribution >= 4 is 11.8 Å². The zero-order valence-electron chi connectivity index (χ0n) is 10.4. The molecule has 0 atom stereocenters. The maximum atomic E-state index is 12.7. The molecule has 1 aromatic carbocycles. The minimum absolute atomic E-state index is 0.0133. The molecular formula is C14H8F3NO3. The summed E-state index contributed by atoms with van der Waals surface area (Å²) in [5.74, 6) is -2.30. The first-order valence-corrected chi connectivity index (χ1v) is 5.70. The Hall–Kier alpha value is -2.70. The van der Waals surface area contributed by atoms with Crippen LogP contribution in [0.3, 0.4) is 0 Å². The van der Waals surface area contributed by atoms with E-state index in [-0.39, 0.29) is 5.56 Å². The van der Waals surface area contributed by atoms with Crippen LogP contribution in [0, 0.1) is 0 Å². The third-order valence-corrected chi connectivity index (χ3v) is 2.75. The van der Waals surface area contributed by atoms with Gasteiger partial charge in [-0.3, -0.25) is 9.78 Å². The smallest absolute Gasteiger partial charge is 0.416 e. The number of hydrogen-bond donors (Lipinski definition) is 1. The molecule has 4 nitrogen and oxygen atoms in total. The second-order valence-corrected chi connectivity index (χ2v) is 4.13. The molecule has 2 aromatic rings. The van der Waals surface area contributed by atoms with E-state index in [9.17, 15) is 22.8 Å². The minimum atomic E-state index is -4.67. The van der Waals surface area contributed by atoms with Gasteiger partial charge in [-0.2, -0.15) is 13.2 Å². The number of carbonyl (C=O) groups is 2. The minimum Gasteiger partial charge on any atom is -0.478 e. The monoisotopic (exact) mass is 295 g/mol. The highest BCUT2D eigenvalue weighted by Crippen LogP contribution is 2.31. The molecular weight excluding hydrogens is 287 g/mol. The van der Waals surface area contributed by atoms with Crippen molar-refractivity contribution in [2.24, 2.45) is 0 Å². The summed E-state index contributed by atoms with van der Waals surface area (Å²) in [6, 6.07) is 4.72. The molecule has 21 heavy (non-hydrogen) atoms. The first-order valence-electron chi connectivity index (χ1n) is 5.70. The summed E-state index contributed by atoms with van der Waals surface area (Å²) in [4.78, 5) is 26.9. The van der Waals surface area contributed by atoms with Crippen LogP contribution in [0.2, 0.25) is 0 Å². The van der Waals surface area contributed by atoms with E-state index in [4.69, 9.17) is 5.11 Å². The second-order valence-electron chi connectivity index (χ2n) is 4.13. The molecule has 1 aromatic heterocycles. The molecule has 2 rings (SSSR count). The molecule has 0 spiro atoms. The summed E-state index contributed by atoms with van der Waals surface area (Å²) in [6.07, 6.45) is -2.11. The summed E-state index contributed by atoms with van der Waals surface area (Å²) in [5.41, 5.74) is -2.08. The average Bonchev–Trinajstić information content (AvgIpc) is 2.45. The van der Waals surface area contributed by atoms with Gasteiger partial charge in [-0.15, -0.1) is 0 Å². The Morgan fingerprint density at radius 2 is 1.81 bits per heavy atom. The SMILES string of the molecule is O=C(O)c1ccc(C(F)(F)F)cc1C(=O)c1cccnc1. The molecule has 1 N–H and O–H groups in total. The van der Waals surface area contributed by atoms with Crippen LogP contribution in [-0.4, -0.2) is 21.8 Å². The Balaban J connectivity index is 2.59. The second kappa shape index (κ2) is 5.35. The van der Waals surface area contributed by atoms with Crippen molar-refractivity contribution in [2.45, 2.75) is 6.18 Å². The van der Waals surface area contributed by atoms with Crippen molar-refractivity contribution in [1.82, 2.24) is 4.98 Å². The number of carbonyl (C=O) groups excluding carboxylic acids is 1. The fourth-order valence-electron chi connectivity index (χ4n) is 1.75. The molecule has 0 amide bonds. The van der Waals surface area contributed by atoms with E-state index in [2.05, 4.69) is 4.98 Å². The maximum absolute atomic E-state index is 12.7. The topological polar surface area (TPSA) is 67.3 Å². The van der Waals surface area contributed by atoms with Gasteiger partial charge in [-0.05, 0) is 30.3 Å². The Labute approximate surface area is 116 Å². The molecule has 0 radical (unpaired) electrons. The molecule has 0 saturated heterocycles. The number of pyridine rings is 1. The molecule has 1 heterocycles. The number of ketones is 1. The number of halogens is 3. The van der Waals surface area contributed by atoms with Crippen LogP contribution in [0.1, 0.15) is 31.8 Å². The molecule has 7 heteroatoms. The molecule has 0 saturated carbocycles. The van der Waals surface area contributed by atoms with Crippen molar-refractivity contribution in [2.75, 3.05) is 0 Å². The zero-order valence-corrected chi connectivity index (χ0v) is 10.4. The van der Waals surface area contributed by atoms with Crippen LogP contribution in [0.4, 0.5) is 13.2 Å². The van der Waals surface area contributed by atoms with Gasteiger partial charge in [0.15, 0.2) is 5.78 Å². The summed E-state index contributed by atoms with van der Waals surface area (Å²) < 4.78 is 38.1. The molecule has 0 aliphatic carbocycles. The molecule has 0 fully saturated rings.